The molecule has 2 unspecified atom stereocenters. The summed E-state index contributed by atoms with van der Waals surface area (Å²) < 4.78 is 5.99. The first-order valence-corrected chi connectivity index (χ1v) is 7.87. The maximum Gasteiger partial charge on any atom is 0.0766 e. The third-order valence-corrected chi connectivity index (χ3v) is 3.67. The molecule has 0 aromatic rings. The maximum atomic E-state index is 5.99. The summed E-state index contributed by atoms with van der Waals surface area (Å²) in [5.74, 6) is 0. The van der Waals surface area contributed by atoms with Crippen molar-refractivity contribution in [3.63, 3.8) is 0 Å². The normalized spacial score (nSPS) is 19.4. The van der Waals surface area contributed by atoms with E-state index in [-0.39, 0.29) is 0 Å². The summed E-state index contributed by atoms with van der Waals surface area (Å²) in [6, 6.07) is 0.449. The zero-order valence-electron chi connectivity index (χ0n) is 12.5. The Hall–Kier alpha value is -0.340. The first-order chi connectivity index (χ1) is 8.83. The van der Waals surface area contributed by atoms with Crippen molar-refractivity contribution in [1.82, 2.24) is 5.32 Å². The van der Waals surface area contributed by atoms with E-state index in [9.17, 15) is 0 Å². The van der Waals surface area contributed by atoms with E-state index in [1.54, 1.807) is 5.57 Å². The topological polar surface area (TPSA) is 21.3 Å². The van der Waals surface area contributed by atoms with Crippen LogP contribution in [0.1, 0.15) is 65.7 Å². The van der Waals surface area contributed by atoms with Crippen LogP contribution in [0.25, 0.3) is 0 Å². The Labute approximate surface area is 113 Å². The summed E-state index contributed by atoms with van der Waals surface area (Å²) in [4.78, 5) is 0. The average molecular weight is 253 g/mol. The zero-order chi connectivity index (χ0) is 13.2. The molecular formula is C16H31NO. The highest BCUT2D eigenvalue weighted by Crippen LogP contribution is 2.24. The van der Waals surface area contributed by atoms with E-state index in [2.05, 4.69) is 32.2 Å². The van der Waals surface area contributed by atoms with E-state index in [1.165, 1.54) is 38.5 Å². The van der Waals surface area contributed by atoms with Crippen molar-refractivity contribution < 1.29 is 4.74 Å². The van der Waals surface area contributed by atoms with Gasteiger partial charge in [-0.3, -0.25) is 0 Å². The molecule has 0 fully saturated rings. The number of hydrogen-bond acceptors (Lipinski definition) is 2. The van der Waals surface area contributed by atoms with Crippen molar-refractivity contribution in [2.75, 3.05) is 13.2 Å². The molecule has 1 aliphatic rings. The van der Waals surface area contributed by atoms with Gasteiger partial charge in [-0.15, -0.1) is 0 Å². The highest BCUT2D eigenvalue weighted by molar-refractivity contribution is 5.15. The second kappa shape index (κ2) is 9.57. The van der Waals surface area contributed by atoms with Gasteiger partial charge in [-0.05, 0) is 52.0 Å². The Kier molecular flexibility index (Phi) is 8.36. The molecule has 0 heterocycles. The molecular weight excluding hydrogens is 222 g/mol. The van der Waals surface area contributed by atoms with Gasteiger partial charge in [0.1, 0.15) is 0 Å². The summed E-state index contributed by atoms with van der Waals surface area (Å²) >= 11 is 0. The summed E-state index contributed by atoms with van der Waals surface area (Å²) in [7, 11) is 0. The zero-order valence-corrected chi connectivity index (χ0v) is 12.5. The third-order valence-electron chi connectivity index (χ3n) is 3.67. The van der Waals surface area contributed by atoms with Crippen LogP contribution in [0, 0.1) is 0 Å². The summed E-state index contributed by atoms with van der Waals surface area (Å²) in [5, 5.41) is 3.72. The minimum atomic E-state index is 0.357. The lowest BCUT2D eigenvalue weighted by Crippen LogP contribution is -2.43. The van der Waals surface area contributed by atoms with E-state index < -0.39 is 0 Å². The van der Waals surface area contributed by atoms with E-state index in [4.69, 9.17) is 4.74 Å². The van der Waals surface area contributed by atoms with E-state index in [0.717, 1.165) is 19.6 Å². The lowest BCUT2D eigenvalue weighted by atomic mass is 9.89. The van der Waals surface area contributed by atoms with Crippen molar-refractivity contribution in [2.24, 2.45) is 0 Å². The van der Waals surface area contributed by atoms with Crippen molar-refractivity contribution >= 4 is 0 Å². The van der Waals surface area contributed by atoms with E-state index >= 15 is 0 Å². The van der Waals surface area contributed by atoms with Crippen LogP contribution < -0.4 is 5.32 Å². The third kappa shape index (κ3) is 5.11. The first-order valence-electron chi connectivity index (χ1n) is 7.87. The van der Waals surface area contributed by atoms with Crippen LogP contribution in [0.15, 0.2) is 11.6 Å². The number of allylic oxidation sites excluding steroid dienone is 1. The molecule has 106 valence electrons. The van der Waals surface area contributed by atoms with Crippen LogP contribution in [0.3, 0.4) is 0 Å². The van der Waals surface area contributed by atoms with Gasteiger partial charge in [0.2, 0.25) is 0 Å². The molecule has 2 nitrogen and oxygen atoms in total. The number of ether oxygens (including phenoxy) is 1. The first kappa shape index (κ1) is 15.7. The molecule has 0 spiro atoms. The molecule has 0 radical (unpaired) electrons. The van der Waals surface area contributed by atoms with E-state index in [1.807, 2.05) is 0 Å². The van der Waals surface area contributed by atoms with Crippen LogP contribution >= 0.6 is 0 Å². The number of hydrogen-bond donors (Lipinski definition) is 1. The summed E-state index contributed by atoms with van der Waals surface area (Å²) in [6.45, 7) is 8.50. The predicted octanol–water partition coefficient (Wildman–Crippen LogP) is 4.06. The SMILES string of the molecule is CCCNC(C1=CCCCC1)C(CCC)OCC. The van der Waals surface area contributed by atoms with Gasteiger partial charge >= 0.3 is 0 Å². The summed E-state index contributed by atoms with van der Waals surface area (Å²) in [5.41, 5.74) is 1.60. The van der Waals surface area contributed by atoms with Crippen LogP contribution in [0.5, 0.6) is 0 Å². The standard InChI is InChI=1S/C16H31NO/c1-4-10-15(18-6-3)16(17-13-5-2)14-11-8-7-9-12-14/h11,15-17H,4-10,12-13H2,1-3H3. The Morgan fingerprint density at radius 3 is 2.61 bits per heavy atom. The minimum Gasteiger partial charge on any atom is -0.377 e. The van der Waals surface area contributed by atoms with Crippen LogP contribution in [0.4, 0.5) is 0 Å². The van der Waals surface area contributed by atoms with Gasteiger partial charge in [-0.1, -0.05) is 31.9 Å². The fourth-order valence-corrected chi connectivity index (χ4v) is 2.79. The average Bonchev–Trinajstić information content (AvgIpc) is 2.41. The Bertz CT molecular complexity index is 231. The minimum absolute atomic E-state index is 0.357. The molecule has 0 amide bonds. The molecule has 1 rings (SSSR count). The summed E-state index contributed by atoms with van der Waals surface area (Å²) in [6.07, 6.45) is 11.6. The van der Waals surface area contributed by atoms with Gasteiger partial charge in [-0.2, -0.15) is 0 Å². The monoisotopic (exact) mass is 253 g/mol. The van der Waals surface area contributed by atoms with Crippen molar-refractivity contribution in [3.8, 4) is 0 Å². The molecule has 2 heteroatoms. The Morgan fingerprint density at radius 2 is 2.06 bits per heavy atom. The molecule has 1 aliphatic carbocycles. The molecule has 0 aliphatic heterocycles. The highest BCUT2D eigenvalue weighted by Gasteiger charge is 2.24. The molecule has 0 aromatic heterocycles. The van der Waals surface area contributed by atoms with Gasteiger partial charge in [0, 0.05) is 6.61 Å². The molecule has 0 saturated carbocycles. The maximum absolute atomic E-state index is 5.99. The fourth-order valence-electron chi connectivity index (χ4n) is 2.79. The number of rotatable bonds is 9. The van der Waals surface area contributed by atoms with Crippen molar-refractivity contribution in [2.45, 2.75) is 77.9 Å². The number of nitrogens with one attached hydrogen (secondary N) is 1. The predicted molar refractivity (Wildman–Crippen MR) is 79.0 cm³/mol. The van der Waals surface area contributed by atoms with Gasteiger partial charge in [-0.25, -0.2) is 0 Å². The second-order valence-electron chi connectivity index (χ2n) is 5.24. The Morgan fingerprint density at radius 1 is 1.22 bits per heavy atom. The quantitative estimate of drug-likeness (QED) is 0.626. The van der Waals surface area contributed by atoms with Gasteiger partial charge in [0.25, 0.3) is 0 Å². The van der Waals surface area contributed by atoms with Crippen molar-refractivity contribution in [3.05, 3.63) is 11.6 Å². The van der Waals surface area contributed by atoms with Crippen LogP contribution in [-0.4, -0.2) is 25.3 Å². The van der Waals surface area contributed by atoms with Gasteiger partial charge in [0.05, 0.1) is 12.1 Å². The fraction of sp³-hybridized carbons (Fsp3) is 0.875. The lowest BCUT2D eigenvalue weighted by molar-refractivity contribution is 0.0358. The second-order valence-corrected chi connectivity index (χ2v) is 5.24. The van der Waals surface area contributed by atoms with E-state index in [0.29, 0.717) is 12.1 Å². The Balaban J connectivity index is 2.69. The smallest absolute Gasteiger partial charge is 0.0766 e. The van der Waals surface area contributed by atoms with Crippen LogP contribution in [0.2, 0.25) is 0 Å². The molecule has 18 heavy (non-hydrogen) atoms. The molecule has 2 atom stereocenters. The lowest BCUT2D eigenvalue weighted by Gasteiger charge is -2.31. The van der Waals surface area contributed by atoms with Crippen LogP contribution in [-0.2, 0) is 4.74 Å². The molecule has 0 bridgehead atoms. The van der Waals surface area contributed by atoms with Gasteiger partial charge in [0.15, 0.2) is 0 Å². The molecule has 1 N–H and O–H groups in total. The van der Waals surface area contributed by atoms with Crippen molar-refractivity contribution in [1.29, 1.82) is 0 Å². The molecule has 0 saturated heterocycles. The highest BCUT2D eigenvalue weighted by atomic mass is 16.5. The largest absolute Gasteiger partial charge is 0.377 e. The molecule has 0 aromatic carbocycles. The van der Waals surface area contributed by atoms with Gasteiger partial charge < -0.3 is 10.1 Å².